The minimum Gasteiger partial charge on any atom is -0.508 e. The van der Waals surface area contributed by atoms with Crippen molar-refractivity contribution in [3.8, 4) is 40.1 Å². The van der Waals surface area contributed by atoms with Gasteiger partial charge in [0.1, 0.15) is 35.2 Å². The lowest BCUT2D eigenvalue weighted by Crippen LogP contribution is -2.54. The lowest BCUT2D eigenvalue weighted by molar-refractivity contribution is -0.242. The van der Waals surface area contributed by atoms with Crippen LogP contribution in [0.5, 0.6) is 28.7 Å². The molecular weight excluding hydrogens is 416 g/mol. The Morgan fingerprint density at radius 2 is 1.61 bits per heavy atom. The SMILES string of the molecule is O=c1c(O)c(-c2ccc(O)cc2)oc2c(O[C@@H]3OC[C@H](O)[C@H](O)C3O)c(O)cc(O)c12. The van der Waals surface area contributed by atoms with E-state index in [0.717, 1.165) is 6.07 Å². The van der Waals surface area contributed by atoms with E-state index in [4.69, 9.17) is 13.9 Å². The van der Waals surface area contributed by atoms with Crippen molar-refractivity contribution >= 4 is 11.0 Å². The van der Waals surface area contributed by atoms with E-state index in [1.54, 1.807) is 0 Å². The molecule has 7 N–H and O–H groups in total. The molecule has 4 rings (SSSR count). The van der Waals surface area contributed by atoms with E-state index in [0.29, 0.717) is 0 Å². The topological polar surface area (TPSA) is 190 Å². The fraction of sp³-hybridized carbons (Fsp3) is 0.250. The number of aliphatic hydroxyl groups excluding tert-OH is 3. The number of aliphatic hydroxyl groups is 3. The maximum atomic E-state index is 12.7. The number of fused-ring (bicyclic) bond motifs is 1. The molecule has 0 amide bonds. The van der Waals surface area contributed by atoms with E-state index in [1.807, 2.05) is 0 Å². The molecule has 3 aromatic rings. The Hall–Kier alpha value is -3.51. The minimum absolute atomic E-state index is 0.0742. The van der Waals surface area contributed by atoms with E-state index in [1.165, 1.54) is 24.3 Å². The van der Waals surface area contributed by atoms with Crippen LogP contribution in [0.25, 0.3) is 22.3 Å². The Morgan fingerprint density at radius 3 is 2.29 bits per heavy atom. The first kappa shape index (κ1) is 20.8. The first-order valence-electron chi connectivity index (χ1n) is 9.05. The summed E-state index contributed by atoms with van der Waals surface area (Å²) in [5.41, 5.74) is -1.32. The Morgan fingerprint density at radius 1 is 0.935 bits per heavy atom. The first-order valence-corrected chi connectivity index (χ1v) is 9.05. The van der Waals surface area contributed by atoms with Gasteiger partial charge in [-0.25, -0.2) is 0 Å². The lowest BCUT2D eigenvalue weighted by Gasteiger charge is -2.35. The minimum atomic E-state index is -1.72. The molecule has 11 heteroatoms. The summed E-state index contributed by atoms with van der Waals surface area (Å²) in [5.74, 6) is -3.16. The molecule has 4 atom stereocenters. The molecule has 1 aliphatic rings. The van der Waals surface area contributed by atoms with Gasteiger partial charge in [0.05, 0.1) is 6.61 Å². The molecule has 2 aromatic carbocycles. The monoisotopic (exact) mass is 434 g/mol. The summed E-state index contributed by atoms with van der Waals surface area (Å²) >= 11 is 0. The zero-order valence-electron chi connectivity index (χ0n) is 15.7. The maximum absolute atomic E-state index is 12.7. The molecule has 0 bridgehead atoms. The number of rotatable bonds is 3. The van der Waals surface area contributed by atoms with Crippen molar-refractivity contribution in [3.63, 3.8) is 0 Å². The van der Waals surface area contributed by atoms with Crippen LogP contribution in [-0.2, 0) is 4.74 Å². The lowest BCUT2D eigenvalue weighted by atomic mass is 10.1. The van der Waals surface area contributed by atoms with Gasteiger partial charge in [-0.05, 0) is 24.3 Å². The third-order valence-corrected chi connectivity index (χ3v) is 4.87. The highest BCUT2D eigenvalue weighted by atomic mass is 16.7. The molecule has 11 nitrogen and oxygen atoms in total. The van der Waals surface area contributed by atoms with Crippen LogP contribution in [0.4, 0.5) is 0 Å². The molecule has 164 valence electrons. The van der Waals surface area contributed by atoms with Crippen molar-refractivity contribution in [1.29, 1.82) is 0 Å². The van der Waals surface area contributed by atoms with Gasteiger partial charge < -0.3 is 49.6 Å². The van der Waals surface area contributed by atoms with Gasteiger partial charge in [0.25, 0.3) is 0 Å². The largest absolute Gasteiger partial charge is 0.508 e. The zero-order chi connectivity index (χ0) is 22.4. The average Bonchev–Trinajstić information content (AvgIpc) is 2.73. The van der Waals surface area contributed by atoms with Crippen LogP contribution in [0, 0.1) is 0 Å². The molecule has 0 radical (unpaired) electrons. The third-order valence-electron chi connectivity index (χ3n) is 4.87. The van der Waals surface area contributed by atoms with Gasteiger partial charge in [0.2, 0.25) is 23.2 Å². The maximum Gasteiger partial charge on any atom is 0.238 e. The summed E-state index contributed by atoms with van der Waals surface area (Å²) in [7, 11) is 0. The van der Waals surface area contributed by atoms with E-state index >= 15 is 0 Å². The Kier molecular flexibility index (Phi) is 5.11. The van der Waals surface area contributed by atoms with Gasteiger partial charge >= 0.3 is 0 Å². The van der Waals surface area contributed by atoms with E-state index in [2.05, 4.69) is 0 Å². The number of phenols is 3. The van der Waals surface area contributed by atoms with Crippen molar-refractivity contribution in [3.05, 3.63) is 40.6 Å². The van der Waals surface area contributed by atoms with Gasteiger partial charge in [0.15, 0.2) is 17.1 Å². The summed E-state index contributed by atoms with van der Waals surface area (Å²) in [6.07, 6.45) is -6.25. The van der Waals surface area contributed by atoms with E-state index in [-0.39, 0.29) is 23.7 Å². The van der Waals surface area contributed by atoms with Crippen LogP contribution in [0.1, 0.15) is 0 Å². The van der Waals surface area contributed by atoms with Crippen molar-refractivity contribution in [2.75, 3.05) is 6.61 Å². The van der Waals surface area contributed by atoms with Gasteiger partial charge in [0, 0.05) is 11.6 Å². The van der Waals surface area contributed by atoms with Crippen LogP contribution in [0.15, 0.2) is 39.5 Å². The average molecular weight is 434 g/mol. The Balaban J connectivity index is 1.89. The predicted octanol–water partition coefficient (Wildman–Crippen LogP) is 0.100. The highest BCUT2D eigenvalue weighted by Gasteiger charge is 2.40. The molecule has 1 aromatic heterocycles. The van der Waals surface area contributed by atoms with Crippen LogP contribution >= 0.6 is 0 Å². The molecule has 2 heterocycles. The fourth-order valence-electron chi connectivity index (χ4n) is 3.22. The van der Waals surface area contributed by atoms with Gasteiger partial charge in [-0.2, -0.15) is 0 Å². The smallest absolute Gasteiger partial charge is 0.238 e. The zero-order valence-corrected chi connectivity index (χ0v) is 15.7. The van der Waals surface area contributed by atoms with Crippen molar-refractivity contribution < 1.29 is 49.6 Å². The molecule has 1 fully saturated rings. The number of aromatic hydroxyl groups is 4. The highest BCUT2D eigenvalue weighted by molar-refractivity contribution is 5.93. The van der Waals surface area contributed by atoms with Crippen LogP contribution in [0.2, 0.25) is 0 Å². The second-order valence-corrected chi connectivity index (χ2v) is 6.97. The van der Waals surface area contributed by atoms with Crippen molar-refractivity contribution in [1.82, 2.24) is 0 Å². The van der Waals surface area contributed by atoms with Gasteiger partial charge in [-0.1, -0.05) is 0 Å². The third kappa shape index (κ3) is 3.49. The molecule has 0 spiro atoms. The van der Waals surface area contributed by atoms with Crippen molar-refractivity contribution in [2.45, 2.75) is 24.6 Å². The molecule has 0 aliphatic carbocycles. The molecular formula is C20H18O11. The Labute approximate surface area is 173 Å². The second kappa shape index (κ2) is 7.63. The number of hydrogen-bond acceptors (Lipinski definition) is 11. The summed E-state index contributed by atoms with van der Waals surface area (Å²) in [4.78, 5) is 12.7. The summed E-state index contributed by atoms with van der Waals surface area (Å²) in [6.45, 7) is -0.386. The fourth-order valence-corrected chi connectivity index (χ4v) is 3.22. The summed E-state index contributed by atoms with van der Waals surface area (Å²) < 4.78 is 16.2. The summed E-state index contributed by atoms with van der Waals surface area (Å²) in [5, 5.41) is 69.2. The Bertz CT molecular complexity index is 1180. The van der Waals surface area contributed by atoms with Crippen LogP contribution in [0.3, 0.4) is 0 Å². The van der Waals surface area contributed by atoms with Crippen LogP contribution < -0.4 is 10.2 Å². The molecule has 1 saturated heterocycles. The van der Waals surface area contributed by atoms with E-state index < -0.39 is 64.0 Å². The summed E-state index contributed by atoms with van der Waals surface area (Å²) in [6, 6.07) is 6.06. The van der Waals surface area contributed by atoms with Gasteiger partial charge in [-0.3, -0.25) is 4.79 Å². The second-order valence-electron chi connectivity index (χ2n) is 6.97. The van der Waals surface area contributed by atoms with Crippen molar-refractivity contribution in [2.24, 2.45) is 0 Å². The molecule has 0 saturated carbocycles. The number of hydrogen-bond donors (Lipinski definition) is 7. The molecule has 1 unspecified atom stereocenters. The molecule has 1 aliphatic heterocycles. The highest BCUT2D eigenvalue weighted by Crippen LogP contribution is 2.43. The van der Waals surface area contributed by atoms with Crippen LogP contribution in [-0.4, -0.2) is 67.0 Å². The standard InChI is InChI=1S/C20H18O11/c21-8-3-1-7(2-4-8)17-15(27)14(26)12-9(22)5-10(23)18(19(12)30-17)31-20-16(28)13(25)11(24)6-29-20/h1-5,11,13,16,20-25,27-28H,6H2/t11-,13-,16?,20-/m0/s1. The quantitative estimate of drug-likeness (QED) is 0.296. The van der Waals surface area contributed by atoms with E-state index in [9.17, 15) is 40.5 Å². The number of ether oxygens (including phenoxy) is 2. The number of phenolic OH excluding ortho intramolecular Hbond substituents is 3. The normalized spacial score (nSPS) is 23.7. The predicted molar refractivity (Wildman–Crippen MR) is 103 cm³/mol. The number of benzene rings is 2. The molecule has 31 heavy (non-hydrogen) atoms. The first-order chi connectivity index (χ1) is 14.7. The van der Waals surface area contributed by atoms with Gasteiger partial charge in [-0.15, -0.1) is 0 Å².